The van der Waals surface area contributed by atoms with E-state index in [1.54, 1.807) is 12.1 Å². The lowest BCUT2D eigenvalue weighted by Gasteiger charge is -2.21. The van der Waals surface area contributed by atoms with Gasteiger partial charge in [-0.2, -0.15) is 13.2 Å². The lowest BCUT2D eigenvalue weighted by Crippen LogP contribution is -2.16. The molecular weight excluding hydrogens is 803 g/mol. The first-order chi connectivity index (χ1) is 30.5. The van der Waals surface area contributed by atoms with Crippen LogP contribution in [0.3, 0.4) is 0 Å². The Kier molecular flexibility index (Phi) is 8.81. The van der Waals surface area contributed by atoms with E-state index in [9.17, 15) is 26.3 Å². The van der Waals surface area contributed by atoms with Gasteiger partial charge in [0.25, 0.3) is 0 Å². The Morgan fingerprint density at radius 2 is 0.794 bits per heavy atom. The minimum atomic E-state index is -4.81. The van der Waals surface area contributed by atoms with Crippen molar-refractivity contribution in [3.05, 3.63) is 200 Å². The molecule has 0 bridgehead atoms. The fourth-order valence-electron chi connectivity index (χ4n) is 9.32. The number of hydrogen-bond donors (Lipinski definition) is 0. The van der Waals surface area contributed by atoms with E-state index in [0.29, 0.717) is 11.1 Å². The summed E-state index contributed by atoms with van der Waals surface area (Å²) in [4.78, 5) is 0. The van der Waals surface area contributed by atoms with Gasteiger partial charge in [-0.25, -0.2) is 0 Å². The van der Waals surface area contributed by atoms with Gasteiger partial charge in [0.05, 0.1) is 5.56 Å². The van der Waals surface area contributed by atoms with Gasteiger partial charge < -0.3 is 4.74 Å². The molecule has 0 aliphatic heterocycles. The molecule has 0 atom stereocenters. The van der Waals surface area contributed by atoms with Crippen LogP contribution in [0.25, 0.3) is 109 Å². The Bertz CT molecular complexity index is 3610. The van der Waals surface area contributed by atoms with Crippen molar-refractivity contribution in [1.82, 2.24) is 0 Å². The molecule has 0 aromatic heterocycles. The topological polar surface area (TPSA) is 9.23 Å². The maximum atomic E-state index is 13.9. The van der Waals surface area contributed by atoms with Crippen molar-refractivity contribution in [2.24, 2.45) is 0 Å². The third-order valence-electron chi connectivity index (χ3n) is 12.1. The molecule has 0 aliphatic carbocycles. The molecule has 11 aromatic rings. The van der Waals surface area contributed by atoms with Crippen LogP contribution < -0.4 is 4.74 Å². The van der Waals surface area contributed by atoms with E-state index in [2.05, 4.69) is 95.7 Å². The van der Waals surface area contributed by atoms with Crippen molar-refractivity contribution in [3.8, 4) is 50.3 Å². The van der Waals surface area contributed by atoms with Crippen molar-refractivity contribution in [2.75, 3.05) is 0 Å². The highest BCUT2D eigenvalue weighted by molar-refractivity contribution is 6.25. The first-order valence-corrected chi connectivity index (χ1v) is 20.4. The van der Waals surface area contributed by atoms with Crippen LogP contribution >= 0.6 is 0 Å². The molecule has 0 unspecified atom stereocenters. The van der Waals surface area contributed by atoms with Gasteiger partial charge >= 0.3 is 12.5 Å². The van der Waals surface area contributed by atoms with Crippen LogP contribution in [0.1, 0.15) is 5.56 Å². The van der Waals surface area contributed by atoms with Crippen LogP contribution in [-0.2, 0) is 6.18 Å². The summed E-state index contributed by atoms with van der Waals surface area (Å²) in [6.07, 6.45) is -9.30. The molecule has 1 nitrogen and oxygen atoms in total. The fraction of sp³-hybridized carbons (Fsp3) is 0.0357. The lowest BCUT2D eigenvalue weighted by atomic mass is 9.82. The Morgan fingerprint density at radius 1 is 0.302 bits per heavy atom. The molecule has 0 saturated heterocycles. The molecule has 11 rings (SSSR count). The fourth-order valence-corrected chi connectivity index (χ4v) is 9.32. The van der Waals surface area contributed by atoms with Crippen LogP contribution in [0.4, 0.5) is 26.3 Å². The summed E-state index contributed by atoms with van der Waals surface area (Å²) in [5.74, 6) is -0.306. The molecule has 0 amide bonds. The third kappa shape index (κ3) is 6.77. The van der Waals surface area contributed by atoms with Crippen molar-refractivity contribution < 1.29 is 31.1 Å². The number of benzene rings is 11. The smallest absolute Gasteiger partial charge is 0.406 e. The second kappa shape index (κ2) is 14.5. The van der Waals surface area contributed by atoms with E-state index < -0.39 is 18.1 Å². The maximum Gasteiger partial charge on any atom is 0.573 e. The van der Waals surface area contributed by atoms with E-state index in [4.69, 9.17) is 0 Å². The highest BCUT2D eigenvalue weighted by Gasteiger charge is 2.31. The van der Waals surface area contributed by atoms with Crippen molar-refractivity contribution >= 4 is 64.6 Å². The van der Waals surface area contributed by atoms with Crippen molar-refractivity contribution in [2.45, 2.75) is 12.5 Å². The number of hydrogen-bond acceptors (Lipinski definition) is 1. The molecule has 11 aromatic carbocycles. The van der Waals surface area contributed by atoms with Crippen molar-refractivity contribution in [1.29, 1.82) is 0 Å². The van der Waals surface area contributed by atoms with Crippen molar-refractivity contribution in [3.63, 3.8) is 0 Å². The molecular formula is C56H32F6O. The Labute approximate surface area is 357 Å². The van der Waals surface area contributed by atoms with E-state index in [-0.39, 0.29) is 5.75 Å². The summed E-state index contributed by atoms with van der Waals surface area (Å²) in [5.41, 5.74) is 5.98. The van der Waals surface area contributed by atoms with Gasteiger partial charge in [-0.05, 0) is 170 Å². The highest BCUT2D eigenvalue weighted by atomic mass is 19.4. The second-order valence-electron chi connectivity index (χ2n) is 15.8. The summed E-state index contributed by atoms with van der Waals surface area (Å²) in [7, 11) is 0. The van der Waals surface area contributed by atoms with Gasteiger partial charge in [-0.1, -0.05) is 133 Å². The van der Waals surface area contributed by atoms with Gasteiger partial charge in [0.2, 0.25) is 0 Å². The summed E-state index contributed by atoms with van der Waals surface area (Å²) in [5, 5.41) is 12.2. The zero-order valence-corrected chi connectivity index (χ0v) is 33.2. The predicted molar refractivity (Wildman–Crippen MR) is 245 cm³/mol. The first kappa shape index (κ1) is 38.3. The van der Waals surface area contributed by atoms with Gasteiger partial charge in [0.1, 0.15) is 5.75 Å². The molecule has 0 heterocycles. The number of ether oxygens (including phenoxy) is 1. The average molecular weight is 835 g/mol. The Balaban J connectivity index is 1.28. The molecule has 0 N–H and O–H groups in total. The number of halogens is 6. The molecule has 0 fully saturated rings. The zero-order valence-electron chi connectivity index (χ0n) is 33.2. The summed E-state index contributed by atoms with van der Waals surface area (Å²) >= 11 is 0. The molecule has 0 aliphatic rings. The molecule has 0 saturated carbocycles. The maximum absolute atomic E-state index is 13.9. The van der Waals surface area contributed by atoms with Gasteiger partial charge in [-0.15, -0.1) is 13.2 Å². The van der Waals surface area contributed by atoms with Gasteiger partial charge in [-0.3, -0.25) is 0 Å². The van der Waals surface area contributed by atoms with E-state index in [1.165, 1.54) is 24.3 Å². The summed E-state index contributed by atoms with van der Waals surface area (Å²) in [6.45, 7) is 0. The van der Waals surface area contributed by atoms with Crippen LogP contribution in [0.5, 0.6) is 5.75 Å². The third-order valence-corrected chi connectivity index (χ3v) is 12.1. The monoisotopic (exact) mass is 834 g/mol. The Morgan fingerprint density at radius 3 is 1.40 bits per heavy atom. The molecule has 304 valence electrons. The normalized spacial score (nSPS) is 12.3. The van der Waals surface area contributed by atoms with Crippen LogP contribution in [0.15, 0.2) is 194 Å². The molecule has 0 spiro atoms. The Hall–Kier alpha value is -7.64. The van der Waals surface area contributed by atoms with Gasteiger partial charge in [0, 0.05) is 0 Å². The predicted octanol–water partition coefficient (Wildman–Crippen LogP) is 17.2. The quantitative estimate of drug-likeness (QED) is 0.0953. The first-order valence-electron chi connectivity index (χ1n) is 20.4. The second-order valence-corrected chi connectivity index (χ2v) is 15.8. The van der Waals surface area contributed by atoms with Gasteiger partial charge in [0.15, 0.2) is 0 Å². The molecule has 0 radical (unpaired) electrons. The van der Waals surface area contributed by atoms with Crippen LogP contribution in [0, 0.1) is 0 Å². The molecule has 7 heteroatoms. The zero-order chi connectivity index (χ0) is 43.0. The standard InChI is InChI=1S/C56H32F6O/c57-55(58,59)40-22-17-34(18-23-40)38-30-50(49-28-36-9-1-3-11-42(36)45-13-5-7-15-47(45)49)51-32-39-27-35(33-19-24-41(25-20-33)63-56(60,61)62)21-26-44(39)54(53(51)31-38)52-29-37-10-2-4-12-43(37)46-14-6-8-16-48(46)52/h1-32H. The lowest BCUT2D eigenvalue weighted by molar-refractivity contribution is -0.274. The van der Waals surface area contributed by atoms with E-state index >= 15 is 0 Å². The number of fused-ring (bicyclic) bond motifs is 8. The van der Waals surface area contributed by atoms with E-state index in [0.717, 1.165) is 110 Å². The molecule has 63 heavy (non-hydrogen) atoms. The van der Waals surface area contributed by atoms with Crippen LogP contribution in [-0.4, -0.2) is 6.36 Å². The number of alkyl halides is 6. The number of rotatable bonds is 5. The van der Waals surface area contributed by atoms with E-state index in [1.807, 2.05) is 54.6 Å². The SMILES string of the molecule is FC(F)(F)Oc1ccc(-c2ccc3c(-c4cc5ccccc5c5ccccc45)c4cc(-c5ccc(C(F)(F)F)cc5)cc(-c5cc6ccccc6c6ccccc56)c4cc3c2)cc1. The summed E-state index contributed by atoms with van der Waals surface area (Å²) < 4.78 is 85.0. The summed E-state index contributed by atoms with van der Waals surface area (Å²) in [6, 6.07) is 61.1. The average Bonchev–Trinajstić information content (AvgIpc) is 3.29. The van der Waals surface area contributed by atoms with Crippen LogP contribution in [0.2, 0.25) is 0 Å². The minimum Gasteiger partial charge on any atom is -0.406 e. The minimum absolute atomic E-state index is 0.306. The highest BCUT2D eigenvalue weighted by Crippen LogP contribution is 2.48. The largest absolute Gasteiger partial charge is 0.573 e.